The van der Waals surface area contributed by atoms with Crippen LogP contribution in [0.15, 0.2) is 21.6 Å². The lowest BCUT2D eigenvalue weighted by atomic mass is 10.0. The molecule has 1 rings (SSSR count). The van der Waals surface area contributed by atoms with E-state index in [1.54, 1.807) is 26.8 Å². The van der Waals surface area contributed by atoms with Crippen LogP contribution < -0.4 is 15.4 Å². The van der Waals surface area contributed by atoms with Crippen molar-refractivity contribution in [3.05, 3.63) is 17.9 Å². The molecule has 1 aromatic rings. The second-order valence-electron chi connectivity index (χ2n) is 7.04. The number of furan rings is 1. The number of hydrogen-bond acceptors (Lipinski definition) is 6. The third kappa shape index (κ3) is 7.45. The van der Waals surface area contributed by atoms with Crippen molar-refractivity contribution in [1.82, 2.24) is 15.4 Å². The van der Waals surface area contributed by atoms with Gasteiger partial charge >= 0.3 is 6.09 Å². The molecule has 0 spiro atoms. The smallest absolute Gasteiger partial charge is 0.407 e. The molecule has 8 nitrogen and oxygen atoms in total. The minimum atomic E-state index is -3.59. The highest BCUT2D eigenvalue weighted by atomic mass is 32.2. The van der Waals surface area contributed by atoms with Gasteiger partial charge in [0.2, 0.25) is 5.09 Å². The molecule has 1 atom stereocenters. The van der Waals surface area contributed by atoms with Gasteiger partial charge in [0, 0.05) is 12.6 Å². The van der Waals surface area contributed by atoms with E-state index in [0.717, 1.165) is 0 Å². The first-order chi connectivity index (χ1) is 11.4. The van der Waals surface area contributed by atoms with E-state index < -0.39 is 21.7 Å². The maximum absolute atomic E-state index is 11.8. The molecular formula is C16H29N3O5S. The summed E-state index contributed by atoms with van der Waals surface area (Å²) in [5.74, 6) is 0.738. The highest BCUT2D eigenvalue weighted by molar-refractivity contribution is 7.89. The lowest BCUT2D eigenvalue weighted by Gasteiger charge is -2.24. The summed E-state index contributed by atoms with van der Waals surface area (Å²) in [6, 6.07) is 2.99. The van der Waals surface area contributed by atoms with Crippen LogP contribution in [0.1, 0.15) is 40.4 Å². The van der Waals surface area contributed by atoms with E-state index in [-0.39, 0.29) is 17.1 Å². The Labute approximate surface area is 149 Å². The minimum Gasteiger partial charge on any atom is -0.447 e. The molecule has 25 heavy (non-hydrogen) atoms. The van der Waals surface area contributed by atoms with E-state index in [4.69, 9.17) is 9.15 Å². The molecule has 0 aromatic carbocycles. The number of amides is 1. The summed E-state index contributed by atoms with van der Waals surface area (Å²) in [7, 11) is -2.26. The van der Waals surface area contributed by atoms with Gasteiger partial charge in [-0.25, -0.2) is 17.9 Å². The summed E-state index contributed by atoms with van der Waals surface area (Å²) in [5, 5.41) is 5.87. The van der Waals surface area contributed by atoms with E-state index in [9.17, 15) is 13.2 Å². The standard InChI is InChI=1S/C16H29N3O5S/c1-11(2)13(10-19-15(20)24-16(3,4)5)18-9-12-7-8-14(23-12)25(21,22)17-6/h7-8,11,13,17-18H,9-10H2,1-6H3,(H,19,20). The molecule has 3 N–H and O–H groups in total. The van der Waals surface area contributed by atoms with Crippen LogP contribution in [0, 0.1) is 5.92 Å². The number of nitrogens with one attached hydrogen (secondary N) is 3. The molecule has 1 heterocycles. The van der Waals surface area contributed by atoms with Gasteiger partial charge in [-0.15, -0.1) is 0 Å². The van der Waals surface area contributed by atoms with Gasteiger partial charge in [-0.3, -0.25) is 0 Å². The monoisotopic (exact) mass is 375 g/mol. The maximum atomic E-state index is 11.8. The third-order valence-electron chi connectivity index (χ3n) is 3.38. The average molecular weight is 375 g/mol. The van der Waals surface area contributed by atoms with Crippen LogP contribution in [0.4, 0.5) is 4.79 Å². The van der Waals surface area contributed by atoms with Gasteiger partial charge in [0.05, 0.1) is 6.54 Å². The van der Waals surface area contributed by atoms with Crippen LogP contribution in [-0.2, 0) is 21.3 Å². The van der Waals surface area contributed by atoms with E-state index in [1.165, 1.54) is 13.1 Å². The molecule has 144 valence electrons. The lowest BCUT2D eigenvalue weighted by molar-refractivity contribution is 0.0519. The number of ether oxygens (including phenoxy) is 1. The molecule has 0 bridgehead atoms. The first kappa shape index (κ1) is 21.5. The molecule has 9 heteroatoms. The van der Waals surface area contributed by atoms with Crippen molar-refractivity contribution in [3.63, 3.8) is 0 Å². The Morgan fingerprint density at radius 3 is 2.44 bits per heavy atom. The van der Waals surface area contributed by atoms with Crippen LogP contribution in [0.25, 0.3) is 0 Å². The molecule has 0 aliphatic heterocycles. The van der Waals surface area contributed by atoms with Crippen molar-refractivity contribution in [1.29, 1.82) is 0 Å². The topological polar surface area (TPSA) is 110 Å². The second-order valence-corrected chi connectivity index (χ2v) is 8.86. The summed E-state index contributed by atoms with van der Waals surface area (Å²) in [6.07, 6.45) is -0.472. The zero-order chi connectivity index (χ0) is 19.3. The van der Waals surface area contributed by atoms with Gasteiger partial charge in [-0.1, -0.05) is 13.8 Å². The number of rotatable bonds is 8. The molecule has 1 amide bonds. The van der Waals surface area contributed by atoms with Crippen LogP contribution in [0.5, 0.6) is 0 Å². The summed E-state index contributed by atoms with van der Waals surface area (Å²) >= 11 is 0. The normalized spacial score (nSPS) is 13.7. The molecule has 0 aliphatic rings. The van der Waals surface area contributed by atoms with Crippen molar-refractivity contribution < 1.29 is 22.4 Å². The molecule has 0 saturated heterocycles. The van der Waals surface area contributed by atoms with Crippen molar-refractivity contribution in [2.75, 3.05) is 13.6 Å². The third-order valence-corrected chi connectivity index (χ3v) is 4.67. The van der Waals surface area contributed by atoms with Crippen LogP contribution in [0.3, 0.4) is 0 Å². The van der Waals surface area contributed by atoms with E-state index >= 15 is 0 Å². The SMILES string of the molecule is CNS(=O)(=O)c1ccc(CNC(CNC(=O)OC(C)(C)C)C(C)C)o1. The molecule has 0 fully saturated rings. The van der Waals surface area contributed by atoms with Gasteiger partial charge in [0.15, 0.2) is 0 Å². The van der Waals surface area contributed by atoms with E-state index in [1.807, 2.05) is 13.8 Å². The zero-order valence-corrected chi connectivity index (χ0v) is 16.5. The lowest BCUT2D eigenvalue weighted by Crippen LogP contribution is -2.45. The highest BCUT2D eigenvalue weighted by Gasteiger charge is 2.20. The molecule has 0 aliphatic carbocycles. The van der Waals surface area contributed by atoms with Crippen molar-refractivity contribution in [3.8, 4) is 0 Å². The summed E-state index contributed by atoms with van der Waals surface area (Å²) in [4.78, 5) is 11.8. The fourth-order valence-electron chi connectivity index (χ4n) is 1.98. The number of alkyl carbamates (subject to hydrolysis) is 1. The molecule has 1 aromatic heterocycles. The zero-order valence-electron chi connectivity index (χ0n) is 15.7. The van der Waals surface area contributed by atoms with Crippen LogP contribution in [-0.4, -0.2) is 39.7 Å². The van der Waals surface area contributed by atoms with Crippen LogP contribution >= 0.6 is 0 Å². The maximum Gasteiger partial charge on any atom is 0.407 e. The van der Waals surface area contributed by atoms with Crippen molar-refractivity contribution >= 4 is 16.1 Å². The number of carbonyl (C=O) groups excluding carboxylic acids is 1. The summed E-state index contributed by atoms with van der Waals surface area (Å²) in [6.45, 7) is 10.2. The highest BCUT2D eigenvalue weighted by Crippen LogP contribution is 2.14. The predicted octanol–water partition coefficient (Wildman–Crippen LogP) is 1.83. The van der Waals surface area contributed by atoms with Gasteiger partial charge < -0.3 is 19.8 Å². The fourth-order valence-corrected chi connectivity index (χ4v) is 2.65. The minimum absolute atomic E-state index is 0.0259. The first-order valence-electron chi connectivity index (χ1n) is 8.17. The van der Waals surface area contributed by atoms with Crippen LogP contribution in [0.2, 0.25) is 0 Å². The average Bonchev–Trinajstić information content (AvgIpc) is 2.94. The van der Waals surface area contributed by atoms with Gasteiger partial charge in [0.25, 0.3) is 10.0 Å². The van der Waals surface area contributed by atoms with E-state index in [0.29, 0.717) is 18.8 Å². The van der Waals surface area contributed by atoms with Gasteiger partial charge in [-0.05, 0) is 45.9 Å². The van der Waals surface area contributed by atoms with Gasteiger partial charge in [-0.2, -0.15) is 0 Å². The second kappa shape index (κ2) is 8.68. The summed E-state index contributed by atoms with van der Waals surface area (Å²) < 4.78 is 36.1. The van der Waals surface area contributed by atoms with E-state index in [2.05, 4.69) is 15.4 Å². The Morgan fingerprint density at radius 1 is 1.28 bits per heavy atom. The molecule has 0 saturated carbocycles. The molecule has 0 radical (unpaired) electrons. The summed E-state index contributed by atoms with van der Waals surface area (Å²) in [5.41, 5.74) is -0.547. The Hall–Kier alpha value is -1.58. The Kier molecular flexibility index (Phi) is 7.45. The largest absolute Gasteiger partial charge is 0.447 e. The van der Waals surface area contributed by atoms with Gasteiger partial charge in [0.1, 0.15) is 11.4 Å². The Balaban J connectivity index is 2.58. The molecular weight excluding hydrogens is 346 g/mol. The Morgan fingerprint density at radius 2 is 1.92 bits per heavy atom. The predicted molar refractivity (Wildman–Crippen MR) is 94.7 cm³/mol. The number of carbonyl (C=O) groups is 1. The Bertz CT molecular complexity index is 662. The van der Waals surface area contributed by atoms with Crippen molar-refractivity contribution in [2.24, 2.45) is 5.92 Å². The van der Waals surface area contributed by atoms with Crippen molar-refractivity contribution in [2.45, 2.75) is 57.9 Å². The molecule has 1 unspecified atom stereocenters. The number of sulfonamides is 1. The quantitative estimate of drug-likeness (QED) is 0.639. The fraction of sp³-hybridized carbons (Fsp3) is 0.688. The first-order valence-corrected chi connectivity index (χ1v) is 9.65. The number of hydrogen-bond donors (Lipinski definition) is 3.